The maximum atomic E-state index is 16.0. The minimum absolute atomic E-state index is 0.0584. The molecule has 0 radical (unpaired) electrons. The van der Waals surface area contributed by atoms with Gasteiger partial charge in [-0.05, 0) is 40.8 Å². The van der Waals surface area contributed by atoms with Gasteiger partial charge in [0.05, 0.1) is 35.0 Å². The Morgan fingerprint density at radius 3 is 1.38 bits per heavy atom. The standard InChI is InChI=1S/C42H35NO4/c1-2-27-47-33-26-16-15-25-32(33)43-38(44)36-37(39(43)45)42(31-23-13-6-14-24-31)35(29-19-9-4-10-20-29)34(28-17-7-3-8-18-28)41(36,40(42)46)30-21-11-5-12-22-30/h3-26,34-37H,2,27H2,1H3/t34-,35+,36+,37-,41-,42-/m0/s1. The number of Topliss-reactive ketones (excluding diaryl/α,β-unsaturated/α-hetero) is 1. The van der Waals surface area contributed by atoms with Crippen molar-refractivity contribution in [3.63, 3.8) is 0 Å². The van der Waals surface area contributed by atoms with Crippen molar-refractivity contribution in [3.8, 4) is 5.75 Å². The van der Waals surface area contributed by atoms with E-state index < -0.39 is 34.5 Å². The fourth-order valence-corrected chi connectivity index (χ4v) is 9.26. The lowest BCUT2D eigenvalue weighted by atomic mass is 9.52. The molecule has 2 amide bonds. The zero-order valence-electron chi connectivity index (χ0n) is 26.2. The Morgan fingerprint density at radius 1 is 0.532 bits per heavy atom. The highest BCUT2D eigenvalue weighted by Crippen LogP contribution is 2.77. The van der Waals surface area contributed by atoms with Crippen LogP contribution in [0, 0.1) is 11.8 Å². The molecule has 2 bridgehead atoms. The topological polar surface area (TPSA) is 63.7 Å². The summed E-state index contributed by atoms with van der Waals surface area (Å²) in [6.45, 7) is 2.47. The average molecular weight is 618 g/mol. The summed E-state index contributed by atoms with van der Waals surface area (Å²) in [5, 5.41) is 0. The van der Waals surface area contributed by atoms with Crippen molar-refractivity contribution in [2.75, 3.05) is 11.5 Å². The molecular formula is C42H35NO4. The maximum Gasteiger partial charge on any atom is 0.239 e. The van der Waals surface area contributed by atoms with E-state index >= 15 is 14.4 Å². The van der Waals surface area contributed by atoms with Crippen molar-refractivity contribution in [3.05, 3.63) is 168 Å². The Bertz CT molecular complexity index is 1840. The van der Waals surface area contributed by atoms with Crippen LogP contribution in [-0.4, -0.2) is 24.2 Å². The van der Waals surface area contributed by atoms with Crippen molar-refractivity contribution in [2.24, 2.45) is 11.8 Å². The lowest BCUT2D eigenvalue weighted by Crippen LogP contribution is -2.49. The molecule has 5 aromatic carbocycles. The van der Waals surface area contributed by atoms with Crippen molar-refractivity contribution < 1.29 is 19.1 Å². The minimum atomic E-state index is -1.32. The molecule has 0 aromatic heterocycles. The number of hydrogen-bond donors (Lipinski definition) is 0. The van der Waals surface area contributed by atoms with Crippen LogP contribution in [0.15, 0.2) is 146 Å². The summed E-state index contributed by atoms with van der Waals surface area (Å²) >= 11 is 0. The van der Waals surface area contributed by atoms with E-state index in [4.69, 9.17) is 4.74 Å². The third-order valence-corrected chi connectivity index (χ3v) is 10.7. The number of carbonyl (C=O) groups is 3. The molecule has 1 heterocycles. The summed E-state index contributed by atoms with van der Waals surface area (Å²) in [6, 6.07) is 46.9. The van der Waals surface area contributed by atoms with Gasteiger partial charge in [0.15, 0.2) is 5.78 Å². The molecule has 0 spiro atoms. The summed E-state index contributed by atoms with van der Waals surface area (Å²) in [6.07, 6.45) is 0.779. The van der Waals surface area contributed by atoms with E-state index in [1.54, 1.807) is 12.1 Å². The molecule has 5 nitrogen and oxygen atoms in total. The van der Waals surface area contributed by atoms with Gasteiger partial charge in [-0.25, -0.2) is 4.90 Å². The van der Waals surface area contributed by atoms with Crippen LogP contribution in [0.5, 0.6) is 5.75 Å². The van der Waals surface area contributed by atoms with Gasteiger partial charge in [0.1, 0.15) is 5.75 Å². The molecule has 8 rings (SSSR count). The van der Waals surface area contributed by atoms with Crippen LogP contribution in [0.2, 0.25) is 0 Å². The highest BCUT2D eigenvalue weighted by Gasteiger charge is 2.86. The van der Waals surface area contributed by atoms with E-state index in [1.165, 1.54) is 4.90 Å². The Labute approximate surface area is 274 Å². The summed E-state index contributed by atoms with van der Waals surface area (Å²) in [5.74, 6) is -2.97. The monoisotopic (exact) mass is 617 g/mol. The largest absolute Gasteiger partial charge is 0.491 e. The quantitative estimate of drug-likeness (QED) is 0.168. The SMILES string of the molecule is CCCOc1ccccc1N1C(=O)[C@@H]2[C@H](C1=O)[C@@]1(c3ccccc3)C(=O)[C@@]2(c2ccccc2)[C@H](c2ccccc2)[C@@H]1c1ccccc1. The number of benzene rings is 5. The molecule has 232 valence electrons. The second kappa shape index (κ2) is 11.2. The normalized spacial score (nSPS) is 27.7. The van der Waals surface area contributed by atoms with Crippen LogP contribution in [0.4, 0.5) is 5.69 Å². The molecule has 5 heteroatoms. The third kappa shape index (κ3) is 3.86. The molecule has 3 aliphatic rings. The van der Waals surface area contributed by atoms with Gasteiger partial charge in [0.25, 0.3) is 0 Å². The smallest absolute Gasteiger partial charge is 0.239 e. The number of carbonyl (C=O) groups excluding carboxylic acids is 3. The Balaban J connectivity index is 1.49. The van der Waals surface area contributed by atoms with Gasteiger partial charge in [-0.3, -0.25) is 14.4 Å². The van der Waals surface area contributed by atoms with Crippen molar-refractivity contribution in [1.82, 2.24) is 0 Å². The number of ketones is 1. The second-order valence-corrected chi connectivity index (χ2v) is 12.9. The minimum Gasteiger partial charge on any atom is -0.491 e. The first-order valence-electron chi connectivity index (χ1n) is 16.4. The summed E-state index contributed by atoms with van der Waals surface area (Å²) < 4.78 is 6.10. The summed E-state index contributed by atoms with van der Waals surface area (Å²) in [4.78, 5) is 47.8. The summed E-state index contributed by atoms with van der Waals surface area (Å²) in [7, 11) is 0. The van der Waals surface area contributed by atoms with Crippen molar-refractivity contribution in [2.45, 2.75) is 36.0 Å². The van der Waals surface area contributed by atoms with Gasteiger partial charge in [-0.15, -0.1) is 0 Å². The van der Waals surface area contributed by atoms with Gasteiger partial charge in [0, 0.05) is 11.8 Å². The second-order valence-electron chi connectivity index (χ2n) is 12.9. The van der Waals surface area contributed by atoms with E-state index in [0.717, 1.165) is 28.7 Å². The third-order valence-electron chi connectivity index (χ3n) is 10.7. The zero-order chi connectivity index (χ0) is 32.2. The number of rotatable bonds is 8. The molecule has 5 aromatic rings. The van der Waals surface area contributed by atoms with E-state index in [2.05, 4.69) is 24.3 Å². The van der Waals surface area contributed by atoms with E-state index in [0.29, 0.717) is 18.0 Å². The van der Waals surface area contributed by atoms with E-state index in [1.807, 2.05) is 116 Å². The van der Waals surface area contributed by atoms with Crippen LogP contribution >= 0.6 is 0 Å². The van der Waals surface area contributed by atoms with Crippen molar-refractivity contribution in [1.29, 1.82) is 0 Å². The predicted octanol–water partition coefficient (Wildman–Crippen LogP) is 7.62. The number of anilines is 1. The van der Waals surface area contributed by atoms with Crippen LogP contribution in [0.25, 0.3) is 0 Å². The molecule has 0 unspecified atom stereocenters. The zero-order valence-corrected chi connectivity index (χ0v) is 26.2. The van der Waals surface area contributed by atoms with Gasteiger partial charge >= 0.3 is 0 Å². The van der Waals surface area contributed by atoms with Crippen LogP contribution in [-0.2, 0) is 25.2 Å². The Hall–Kier alpha value is -5.29. The van der Waals surface area contributed by atoms with Crippen LogP contribution < -0.4 is 9.64 Å². The number of imide groups is 1. The average Bonchev–Trinajstić information content (AvgIpc) is 3.64. The summed E-state index contributed by atoms with van der Waals surface area (Å²) in [5.41, 5.74) is 1.28. The first-order valence-corrected chi connectivity index (χ1v) is 16.4. The Kier molecular flexibility index (Phi) is 6.94. The predicted molar refractivity (Wildman–Crippen MR) is 181 cm³/mol. The van der Waals surface area contributed by atoms with E-state index in [9.17, 15) is 0 Å². The number of amides is 2. The first-order chi connectivity index (χ1) is 23.1. The number of fused-ring (bicyclic) bond motifs is 5. The molecule has 3 fully saturated rings. The fourth-order valence-electron chi connectivity index (χ4n) is 9.26. The molecule has 2 saturated carbocycles. The number of hydrogen-bond acceptors (Lipinski definition) is 4. The molecule has 0 N–H and O–H groups in total. The highest BCUT2D eigenvalue weighted by molar-refractivity contribution is 6.30. The maximum absolute atomic E-state index is 16.0. The first kappa shape index (κ1) is 29.1. The molecule has 2 aliphatic carbocycles. The van der Waals surface area contributed by atoms with E-state index in [-0.39, 0.29) is 17.6 Å². The molecule has 47 heavy (non-hydrogen) atoms. The fraction of sp³-hybridized carbons (Fsp3) is 0.214. The van der Waals surface area contributed by atoms with Crippen molar-refractivity contribution >= 4 is 23.3 Å². The van der Waals surface area contributed by atoms with Crippen LogP contribution in [0.3, 0.4) is 0 Å². The molecule has 6 atom stereocenters. The highest BCUT2D eigenvalue weighted by atomic mass is 16.5. The van der Waals surface area contributed by atoms with Gasteiger partial charge in [0.2, 0.25) is 11.8 Å². The lowest BCUT2D eigenvalue weighted by molar-refractivity contribution is -0.131. The van der Waals surface area contributed by atoms with Gasteiger partial charge < -0.3 is 4.74 Å². The lowest BCUT2D eigenvalue weighted by Gasteiger charge is -2.46. The number of nitrogens with zero attached hydrogens (tertiary/aromatic N) is 1. The van der Waals surface area contributed by atoms with Gasteiger partial charge in [-0.2, -0.15) is 0 Å². The number of ether oxygens (including phenoxy) is 1. The molecule has 1 saturated heterocycles. The van der Waals surface area contributed by atoms with Gasteiger partial charge in [-0.1, -0.05) is 140 Å². The Morgan fingerprint density at radius 2 is 0.936 bits per heavy atom. The number of para-hydroxylation sites is 2. The van der Waals surface area contributed by atoms with Crippen LogP contribution in [0.1, 0.15) is 47.4 Å². The molecule has 1 aliphatic heterocycles. The molecular weight excluding hydrogens is 582 g/mol.